The third kappa shape index (κ3) is 10.2. The first-order chi connectivity index (χ1) is 17.0. The Morgan fingerprint density at radius 1 is 0.629 bits per heavy atom. The lowest BCUT2D eigenvalue weighted by atomic mass is 9.90. The van der Waals surface area contributed by atoms with Crippen molar-refractivity contribution >= 4 is 0 Å². The van der Waals surface area contributed by atoms with Crippen molar-refractivity contribution in [1.82, 2.24) is 29.4 Å². The normalized spacial score (nSPS) is 24.8. The Kier molecular flexibility index (Phi) is 13.3. The molecule has 1 unspecified atom stereocenters. The van der Waals surface area contributed by atoms with Gasteiger partial charge in [-0.15, -0.1) is 0 Å². The number of likely N-dealkylation sites (tertiary alicyclic amines) is 1. The van der Waals surface area contributed by atoms with Crippen molar-refractivity contribution in [2.45, 2.75) is 78.8 Å². The van der Waals surface area contributed by atoms with E-state index in [0.29, 0.717) is 6.04 Å². The van der Waals surface area contributed by atoms with Crippen LogP contribution in [0.3, 0.4) is 0 Å². The van der Waals surface area contributed by atoms with Crippen LogP contribution < -0.4 is 0 Å². The highest BCUT2D eigenvalue weighted by Crippen LogP contribution is 2.24. The third-order valence-electron chi connectivity index (χ3n) is 9.34. The quantitative estimate of drug-likeness (QED) is 0.414. The van der Waals surface area contributed by atoms with Gasteiger partial charge in [-0.1, -0.05) is 13.8 Å². The molecule has 35 heavy (non-hydrogen) atoms. The predicted octanol–water partition coefficient (Wildman–Crippen LogP) is 3.24. The van der Waals surface area contributed by atoms with Crippen molar-refractivity contribution in [1.29, 1.82) is 0 Å². The molecule has 6 nitrogen and oxygen atoms in total. The fourth-order valence-corrected chi connectivity index (χ4v) is 6.57. The summed E-state index contributed by atoms with van der Waals surface area (Å²) in [6.07, 6.45) is 6.91. The highest BCUT2D eigenvalue weighted by atomic mass is 15.3. The van der Waals surface area contributed by atoms with Crippen LogP contribution in [0.15, 0.2) is 0 Å². The summed E-state index contributed by atoms with van der Waals surface area (Å²) in [5.74, 6) is 0.932. The summed E-state index contributed by atoms with van der Waals surface area (Å²) in [6.45, 7) is 32.0. The molecule has 3 aliphatic rings. The van der Waals surface area contributed by atoms with E-state index < -0.39 is 0 Å². The number of nitrogens with zero attached hydrogens (tertiary/aromatic N) is 6. The molecule has 0 N–H and O–H groups in total. The average Bonchev–Trinajstić information content (AvgIpc) is 3.25. The second kappa shape index (κ2) is 15.9. The lowest BCUT2D eigenvalue weighted by molar-refractivity contribution is 0.125. The Morgan fingerprint density at radius 2 is 1.17 bits per heavy atom. The average molecular weight is 493 g/mol. The van der Waals surface area contributed by atoms with Gasteiger partial charge in [0.25, 0.3) is 0 Å². The van der Waals surface area contributed by atoms with Gasteiger partial charge in [0, 0.05) is 64.4 Å². The summed E-state index contributed by atoms with van der Waals surface area (Å²) < 4.78 is 0. The van der Waals surface area contributed by atoms with E-state index in [9.17, 15) is 0 Å². The van der Waals surface area contributed by atoms with Gasteiger partial charge >= 0.3 is 0 Å². The van der Waals surface area contributed by atoms with Crippen LogP contribution in [0, 0.1) is 5.92 Å². The van der Waals surface area contributed by atoms with Crippen molar-refractivity contribution in [2.24, 2.45) is 5.92 Å². The molecule has 206 valence electrons. The summed E-state index contributed by atoms with van der Waals surface area (Å²) in [7, 11) is 0. The van der Waals surface area contributed by atoms with Crippen LogP contribution in [0.1, 0.15) is 66.7 Å². The minimum Gasteiger partial charge on any atom is -0.303 e. The molecular weight excluding hydrogens is 432 g/mol. The van der Waals surface area contributed by atoms with Crippen LogP contribution in [-0.2, 0) is 0 Å². The molecule has 6 heteroatoms. The number of hydrogen-bond acceptors (Lipinski definition) is 6. The maximum atomic E-state index is 2.81. The first-order valence-corrected chi connectivity index (χ1v) is 15.4. The van der Waals surface area contributed by atoms with E-state index in [0.717, 1.165) is 12.0 Å². The fraction of sp³-hybridized carbons (Fsp3) is 1.00. The summed E-state index contributed by atoms with van der Waals surface area (Å²) in [4.78, 5) is 16.2. The molecule has 3 saturated heterocycles. The minimum absolute atomic E-state index is 0.696. The molecule has 3 rings (SSSR count). The molecule has 0 amide bonds. The molecular formula is C29H60N6. The van der Waals surface area contributed by atoms with Crippen molar-refractivity contribution in [3.8, 4) is 0 Å². The van der Waals surface area contributed by atoms with Gasteiger partial charge in [0.15, 0.2) is 0 Å². The molecule has 0 spiro atoms. The first-order valence-electron chi connectivity index (χ1n) is 15.4. The highest BCUT2D eigenvalue weighted by molar-refractivity contribution is 4.81. The van der Waals surface area contributed by atoms with Gasteiger partial charge in [-0.3, -0.25) is 9.80 Å². The van der Waals surface area contributed by atoms with Crippen LogP contribution in [0.2, 0.25) is 0 Å². The van der Waals surface area contributed by atoms with Crippen LogP contribution in [0.4, 0.5) is 0 Å². The van der Waals surface area contributed by atoms with E-state index in [4.69, 9.17) is 0 Å². The Labute approximate surface area is 218 Å². The predicted molar refractivity (Wildman–Crippen MR) is 151 cm³/mol. The van der Waals surface area contributed by atoms with E-state index in [2.05, 4.69) is 64.0 Å². The van der Waals surface area contributed by atoms with Gasteiger partial charge in [0.05, 0.1) is 0 Å². The van der Waals surface area contributed by atoms with E-state index in [1.165, 1.54) is 137 Å². The zero-order chi connectivity index (χ0) is 25.0. The largest absolute Gasteiger partial charge is 0.303 e. The summed E-state index contributed by atoms with van der Waals surface area (Å²) in [5.41, 5.74) is 0. The summed E-state index contributed by atoms with van der Waals surface area (Å²) in [5, 5.41) is 0. The fourth-order valence-electron chi connectivity index (χ4n) is 6.57. The van der Waals surface area contributed by atoms with Gasteiger partial charge in [-0.05, 0) is 111 Å². The third-order valence-corrected chi connectivity index (χ3v) is 9.34. The molecule has 0 aromatic rings. The number of likely N-dealkylation sites (N-methyl/N-ethyl adjacent to an activating group) is 1. The molecule has 3 fully saturated rings. The maximum Gasteiger partial charge on any atom is 0.0112 e. The summed E-state index contributed by atoms with van der Waals surface area (Å²) >= 11 is 0. The molecule has 3 heterocycles. The Hall–Kier alpha value is -0.240. The van der Waals surface area contributed by atoms with E-state index in [-0.39, 0.29) is 0 Å². The smallest absolute Gasteiger partial charge is 0.0112 e. The van der Waals surface area contributed by atoms with Crippen LogP contribution >= 0.6 is 0 Å². The molecule has 0 aliphatic carbocycles. The van der Waals surface area contributed by atoms with Crippen LogP contribution in [-0.4, -0.2) is 146 Å². The van der Waals surface area contributed by atoms with Gasteiger partial charge in [-0.25, -0.2) is 0 Å². The second-order valence-corrected chi connectivity index (χ2v) is 12.0. The van der Waals surface area contributed by atoms with Crippen molar-refractivity contribution in [2.75, 3.05) is 105 Å². The Morgan fingerprint density at radius 3 is 1.77 bits per heavy atom. The molecule has 1 atom stereocenters. The zero-order valence-corrected chi connectivity index (χ0v) is 24.3. The van der Waals surface area contributed by atoms with Crippen molar-refractivity contribution < 1.29 is 0 Å². The zero-order valence-electron chi connectivity index (χ0n) is 24.3. The first kappa shape index (κ1) is 29.3. The van der Waals surface area contributed by atoms with Gasteiger partial charge in [-0.2, -0.15) is 0 Å². The van der Waals surface area contributed by atoms with Crippen molar-refractivity contribution in [3.05, 3.63) is 0 Å². The molecule has 0 radical (unpaired) electrons. The number of piperidine rings is 1. The number of rotatable bonds is 12. The maximum absolute atomic E-state index is 2.81. The van der Waals surface area contributed by atoms with E-state index in [1.54, 1.807) is 0 Å². The monoisotopic (exact) mass is 492 g/mol. The molecule has 0 aromatic heterocycles. The minimum atomic E-state index is 0.696. The van der Waals surface area contributed by atoms with Gasteiger partial charge in [0.1, 0.15) is 0 Å². The van der Waals surface area contributed by atoms with Gasteiger partial charge in [0.2, 0.25) is 0 Å². The Balaban J connectivity index is 1.29. The topological polar surface area (TPSA) is 19.4 Å². The van der Waals surface area contributed by atoms with E-state index >= 15 is 0 Å². The summed E-state index contributed by atoms with van der Waals surface area (Å²) in [6, 6.07) is 1.44. The Bertz CT molecular complexity index is 545. The molecule has 0 aromatic carbocycles. The van der Waals surface area contributed by atoms with E-state index in [1.807, 2.05) is 0 Å². The molecule has 0 saturated carbocycles. The lowest BCUT2D eigenvalue weighted by Gasteiger charge is -2.36. The SMILES string of the molecule is CCN(CC)CCN1CCCN(C(C)CC2CCN(CCN3CCCN(C(C)C)CC3)CC2)CC1. The second-order valence-electron chi connectivity index (χ2n) is 12.0. The van der Waals surface area contributed by atoms with Crippen LogP contribution in [0.5, 0.6) is 0 Å². The standard InChI is InChI=1S/C29H60N6/c1-6-30(7-2)18-19-31-13-9-15-35(25-23-31)28(5)26-29-10-16-33(17-11-29)21-20-32-12-8-14-34(24-22-32)27(3)4/h27-29H,6-26H2,1-5H3. The van der Waals surface area contributed by atoms with Crippen LogP contribution in [0.25, 0.3) is 0 Å². The van der Waals surface area contributed by atoms with Gasteiger partial charge < -0.3 is 19.6 Å². The highest BCUT2D eigenvalue weighted by Gasteiger charge is 2.25. The lowest BCUT2D eigenvalue weighted by Crippen LogP contribution is -2.43. The number of hydrogen-bond donors (Lipinski definition) is 0. The van der Waals surface area contributed by atoms with Crippen molar-refractivity contribution in [3.63, 3.8) is 0 Å². The molecule has 3 aliphatic heterocycles. The molecule has 0 bridgehead atoms.